The van der Waals surface area contributed by atoms with E-state index in [1.165, 1.54) is 0 Å². The average Bonchev–Trinajstić information content (AvgIpc) is 3.31. The van der Waals surface area contributed by atoms with E-state index in [0.717, 1.165) is 29.8 Å². The highest BCUT2D eigenvalue weighted by molar-refractivity contribution is 5.67. The van der Waals surface area contributed by atoms with E-state index < -0.39 is 5.79 Å². The summed E-state index contributed by atoms with van der Waals surface area (Å²) in [5.41, 5.74) is 3.47. The van der Waals surface area contributed by atoms with Crippen LogP contribution in [-0.2, 0) is 16.0 Å². The van der Waals surface area contributed by atoms with Crippen LogP contribution < -0.4 is 9.80 Å². The molecule has 0 unspecified atom stereocenters. The number of halogens is 1. The Labute approximate surface area is 157 Å². The number of anilines is 2. The maximum Gasteiger partial charge on any atom is 0.187 e. The number of fused-ring (bicyclic) bond motifs is 1. The van der Waals surface area contributed by atoms with Crippen LogP contribution >= 0.6 is 0 Å². The smallest absolute Gasteiger partial charge is 0.187 e. The van der Waals surface area contributed by atoms with Gasteiger partial charge < -0.3 is 24.4 Å². The van der Waals surface area contributed by atoms with Crippen LogP contribution in [0.25, 0.3) is 6.08 Å². The average molecular weight is 368 g/mol. The van der Waals surface area contributed by atoms with Crippen LogP contribution in [0.1, 0.15) is 17.5 Å². The van der Waals surface area contributed by atoms with Gasteiger partial charge in [0, 0.05) is 31.4 Å². The Morgan fingerprint density at radius 1 is 1.07 bits per heavy atom. The summed E-state index contributed by atoms with van der Waals surface area (Å²) in [6.45, 7) is 3.13. The lowest BCUT2D eigenvalue weighted by molar-refractivity contribution is -0.137. The number of hydrogen-bond donors (Lipinski definition) is 1. The molecule has 140 valence electrons. The van der Waals surface area contributed by atoms with Crippen LogP contribution in [0.3, 0.4) is 0 Å². The highest BCUT2D eigenvalue weighted by atomic mass is 19.1. The molecule has 2 saturated heterocycles. The molecule has 2 fully saturated rings. The summed E-state index contributed by atoms with van der Waals surface area (Å²) in [5, 5.41) is 9.60. The fourth-order valence-electron chi connectivity index (χ4n) is 4.09. The summed E-state index contributed by atoms with van der Waals surface area (Å²) in [7, 11) is 0. The molecule has 3 aliphatic rings. The zero-order valence-corrected chi connectivity index (χ0v) is 14.9. The van der Waals surface area contributed by atoms with Crippen molar-refractivity contribution in [1.82, 2.24) is 0 Å². The second-order valence-corrected chi connectivity index (χ2v) is 7.24. The second-order valence-electron chi connectivity index (χ2n) is 7.24. The topological polar surface area (TPSA) is 45.2 Å². The minimum atomic E-state index is -0.560. The first-order chi connectivity index (χ1) is 13.1. The van der Waals surface area contributed by atoms with Gasteiger partial charge in [-0.2, -0.15) is 0 Å². The van der Waals surface area contributed by atoms with Gasteiger partial charge in [-0.25, -0.2) is 4.39 Å². The van der Waals surface area contributed by atoms with E-state index in [4.69, 9.17) is 9.47 Å². The number of rotatable bonds is 2. The molecule has 0 aliphatic carbocycles. The third-order valence-corrected chi connectivity index (χ3v) is 5.52. The van der Waals surface area contributed by atoms with Gasteiger partial charge in [0.15, 0.2) is 5.79 Å². The molecular weight excluding hydrogens is 347 g/mol. The molecule has 0 amide bonds. The first-order valence-electron chi connectivity index (χ1n) is 9.21. The summed E-state index contributed by atoms with van der Waals surface area (Å²) in [6, 6.07) is 10.7. The number of hydrogen-bond acceptors (Lipinski definition) is 5. The molecule has 1 N–H and O–H groups in total. The van der Waals surface area contributed by atoms with E-state index in [1.807, 2.05) is 40.3 Å². The zero-order chi connectivity index (χ0) is 18.4. The van der Waals surface area contributed by atoms with Crippen molar-refractivity contribution in [2.45, 2.75) is 18.8 Å². The van der Waals surface area contributed by atoms with Crippen molar-refractivity contribution >= 4 is 17.5 Å². The molecule has 2 aromatic carbocycles. The SMILES string of the molecule is Oc1ccc2c(c1)C=CN(c1ccc(N3CCC4(C3)OCCO4)c(F)c1)C2. The summed E-state index contributed by atoms with van der Waals surface area (Å²) >= 11 is 0. The Morgan fingerprint density at radius 2 is 1.93 bits per heavy atom. The van der Waals surface area contributed by atoms with Crippen molar-refractivity contribution in [2.24, 2.45) is 0 Å². The summed E-state index contributed by atoms with van der Waals surface area (Å²) in [4.78, 5) is 4.00. The lowest BCUT2D eigenvalue weighted by Gasteiger charge is -2.27. The van der Waals surface area contributed by atoms with Gasteiger partial charge in [-0.05, 0) is 47.5 Å². The van der Waals surface area contributed by atoms with Gasteiger partial charge in [-0.15, -0.1) is 0 Å². The fourth-order valence-corrected chi connectivity index (χ4v) is 4.09. The van der Waals surface area contributed by atoms with Crippen LogP contribution in [0.4, 0.5) is 15.8 Å². The first-order valence-corrected chi connectivity index (χ1v) is 9.21. The van der Waals surface area contributed by atoms with Crippen LogP contribution in [0, 0.1) is 5.82 Å². The third kappa shape index (κ3) is 2.95. The van der Waals surface area contributed by atoms with Gasteiger partial charge in [-0.3, -0.25) is 0 Å². The Morgan fingerprint density at radius 3 is 2.74 bits per heavy atom. The molecule has 0 saturated carbocycles. The third-order valence-electron chi connectivity index (χ3n) is 5.52. The molecule has 0 atom stereocenters. The van der Waals surface area contributed by atoms with Crippen LogP contribution in [0.5, 0.6) is 5.75 Å². The Balaban J connectivity index is 1.36. The molecular formula is C21H21FN2O3. The number of ether oxygens (including phenoxy) is 2. The van der Waals surface area contributed by atoms with E-state index in [0.29, 0.717) is 32.0 Å². The Hall–Kier alpha value is -2.57. The highest BCUT2D eigenvalue weighted by Gasteiger charge is 2.43. The molecule has 2 aromatic rings. The number of nitrogens with zero attached hydrogens (tertiary/aromatic N) is 2. The van der Waals surface area contributed by atoms with Crippen molar-refractivity contribution in [1.29, 1.82) is 0 Å². The number of benzene rings is 2. The van der Waals surface area contributed by atoms with E-state index in [1.54, 1.807) is 18.2 Å². The monoisotopic (exact) mass is 368 g/mol. The number of aromatic hydroxyl groups is 1. The van der Waals surface area contributed by atoms with Crippen LogP contribution in [0.15, 0.2) is 42.6 Å². The zero-order valence-electron chi connectivity index (χ0n) is 14.9. The number of phenols is 1. The van der Waals surface area contributed by atoms with Gasteiger partial charge in [0.1, 0.15) is 11.6 Å². The quantitative estimate of drug-likeness (QED) is 0.879. The second kappa shape index (κ2) is 6.25. The van der Waals surface area contributed by atoms with Gasteiger partial charge in [0.25, 0.3) is 0 Å². The highest BCUT2D eigenvalue weighted by Crippen LogP contribution is 2.36. The van der Waals surface area contributed by atoms with Gasteiger partial charge in [0.05, 0.1) is 25.4 Å². The predicted molar refractivity (Wildman–Crippen MR) is 101 cm³/mol. The lowest BCUT2D eigenvalue weighted by atomic mass is 10.0. The molecule has 6 heteroatoms. The largest absolute Gasteiger partial charge is 0.508 e. The maximum atomic E-state index is 14.9. The van der Waals surface area contributed by atoms with Crippen molar-refractivity contribution in [3.8, 4) is 5.75 Å². The van der Waals surface area contributed by atoms with Crippen LogP contribution in [-0.4, -0.2) is 37.2 Å². The van der Waals surface area contributed by atoms with E-state index in [2.05, 4.69) is 0 Å². The summed E-state index contributed by atoms with van der Waals surface area (Å²) < 4.78 is 26.3. The normalized spacial score (nSPS) is 20.5. The van der Waals surface area contributed by atoms with Crippen LogP contribution in [0.2, 0.25) is 0 Å². The molecule has 0 radical (unpaired) electrons. The standard InChI is InChI=1S/C21H21FN2O3/c22-19-12-17(23-7-5-15-11-18(25)3-1-16(15)13-23)2-4-20(19)24-8-6-21(14-24)26-9-10-27-21/h1-5,7,11-12,25H,6,8-10,13-14H2. The number of phenolic OH excluding ortho intramolecular Hbond substituents is 1. The van der Waals surface area contributed by atoms with Crippen molar-refractivity contribution in [3.05, 3.63) is 59.5 Å². The van der Waals surface area contributed by atoms with E-state index >= 15 is 0 Å². The van der Waals surface area contributed by atoms with Crippen molar-refractivity contribution in [3.63, 3.8) is 0 Å². The Bertz CT molecular complexity index is 908. The first kappa shape index (κ1) is 16.6. The maximum absolute atomic E-state index is 14.9. The summed E-state index contributed by atoms with van der Waals surface area (Å²) in [6.07, 6.45) is 4.61. The molecule has 1 spiro atoms. The minimum absolute atomic E-state index is 0.243. The van der Waals surface area contributed by atoms with Crippen molar-refractivity contribution in [2.75, 3.05) is 36.1 Å². The molecule has 3 aliphatic heterocycles. The molecule has 0 bridgehead atoms. The van der Waals surface area contributed by atoms with E-state index in [9.17, 15) is 9.50 Å². The molecule has 5 nitrogen and oxygen atoms in total. The molecule has 27 heavy (non-hydrogen) atoms. The minimum Gasteiger partial charge on any atom is -0.508 e. The molecule has 0 aromatic heterocycles. The molecule has 5 rings (SSSR count). The lowest BCUT2D eigenvalue weighted by Crippen LogP contribution is -2.34. The van der Waals surface area contributed by atoms with Gasteiger partial charge in [-0.1, -0.05) is 6.07 Å². The predicted octanol–water partition coefficient (Wildman–Crippen LogP) is 3.48. The summed E-state index contributed by atoms with van der Waals surface area (Å²) in [5.74, 6) is -0.552. The fraction of sp³-hybridized carbons (Fsp3) is 0.333. The van der Waals surface area contributed by atoms with Gasteiger partial charge in [0.2, 0.25) is 0 Å². The molecule has 3 heterocycles. The Kier molecular flexibility index (Phi) is 3.84. The van der Waals surface area contributed by atoms with Crippen molar-refractivity contribution < 1.29 is 19.0 Å². The van der Waals surface area contributed by atoms with E-state index in [-0.39, 0.29) is 11.6 Å². The van der Waals surface area contributed by atoms with Gasteiger partial charge >= 0.3 is 0 Å².